The van der Waals surface area contributed by atoms with Gasteiger partial charge in [0, 0.05) is 16.0 Å². The van der Waals surface area contributed by atoms with Crippen molar-refractivity contribution in [1.82, 2.24) is 9.66 Å². The molecule has 0 aliphatic rings. The average molecular weight is 486 g/mol. The number of rotatable bonds is 7. The fourth-order valence-corrected chi connectivity index (χ4v) is 3.32. The summed E-state index contributed by atoms with van der Waals surface area (Å²) in [5, 5.41) is 4.90. The quantitative estimate of drug-likeness (QED) is 0.363. The van der Waals surface area contributed by atoms with Crippen LogP contribution in [-0.4, -0.2) is 34.6 Å². The van der Waals surface area contributed by atoms with E-state index in [-0.39, 0.29) is 18.1 Å². The minimum Gasteiger partial charge on any atom is -0.478 e. The Morgan fingerprint density at radius 3 is 2.68 bits per heavy atom. The summed E-state index contributed by atoms with van der Waals surface area (Å²) in [6.45, 7) is 7.55. The van der Waals surface area contributed by atoms with Crippen molar-refractivity contribution in [1.29, 1.82) is 0 Å². The van der Waals surface area contributed by atoms with Crippen molar-refractivity contribution in [3.05, 3.63) is 68.7 Å². The van der Waals surface area contributed by atoms with Gasteiger partial charge >= 0.3 is 5.97 Å². The molecule has 0 unspecified atom stereocenters. The lowest BCUT2D eigenvalue weighted by molar-refractivity contribution is -0.150. The van der Waals surface area contributed by atoms with E-state index < -0.39 is 12.1 Å². The highest BCUT2D eigenvalue weighted by Crippen LogP contribution is 2.20. The van der Waals surface area contributed by atoms with Crippen LogP contribution in [0, 0.1) is 0 Å². The largest absolute Gasteiger partial charge is 0.478 e. The number of ether oxygens (including phenoxy) is 2. The molecular formula is C23H24BrN3O4. The van der Waals surface area contributed by atoms with Gasteiger partial charge in [-0.1, -0.05) is 41.9 Å². The minimum atomic E-state index is -0.775. The van der Waals surface area contributed by atoms with E-state index in [1.165, 1.54) is 10.9 Å². The van der Waals surface area contributed by atoms with Crippen LogP contribution in [0.25, 0.3) is 10.9 Å². The molecule has 0 saturated carbocycles. The Labute approximate surface area is 188 Å². The van der Waals surface area contributed by atoms with Crippen LogP contribution < -0.4 is 10.3 Å². The Balaban J connectivity index is 2.02. The zero-order chi connectivity index (χ0) is 22.5. The smallest absolute Gasteiger partial charge is 0.347 e. The van der Waals surface area contributed by atoms with Crippen LogP contribution in [0.4, 0.5) is 0 Å². The van der Waals surface area contributed by atoms with E-state index in [1.807, 2.05) is 26.0 Å². The minimum absolute atomic E-state index is 0.0202. The number of benzene rings is 2. The van der Waals surface area contributed by atoms with Crippen LogP contribution in [0.5, 0.6) is 5.75 Å². The Bertz CT molecular complexity index is 1190. The van der Waals surface area contributed by atoms with Crippen molar-refractivity contribution in [3.8, 4) is 5.75 Å². The number of esters is 1. The van der Waals surface area contributed by atoms with Crippen molar-refractivity contribution in [2.45, 2.75) is 39.7 Å². The van der Waals surface area contributed by atoms with E-state index in [2.05, 4.69) is 26.0 Å². The predicted octanol–water partition coefficient (Wildman–Crippen LogP) is 4.50. The number of fused-ring (bicyclic) bond motifs is 1. The third-order valence-corrected chi connectivity index (χ3v) is 5.00. The van der Waals surface area contributed by atoms with Gasteiger partial charge in [-0.2, -0.15) is 9.78 Å². The first kappa shape index (κ1) is 22.7. The molecule has 3 aromatic rings. The number of carbonyl (C=O) groups excluding carboxylic acids is 1. The molecule has 31 heavy (non-hydrogen) atoms. The molecule has 0 fully saturated rings. The second-order valence-electron chi connectivity index (χ2n) is 7.20. The molecule has 0 saturated heterocycles. The zero-order valence-electron chi connectivity index (χ0n) is 17.8. The number of carbonyl (C=O) groups is 1. The molecular weight excluding hydrogens is 462 g/mol. The van der Waals surface area contributed by atoms with Crippen LogP contribution >= 0.6 is 15.9 Å². The normalized spacial score (nSPS) is 12.5. The highest BCUT2D eigenvalue weighted by atomic mass is 79.9. The summed E-state index contributed by atoms with van der Waals surface area (Å²) in [6, 6.07) is 12.5. The summed E-state index contributed by atoms with van der Waals surface area (Å²) < 4.78 is 12.9. The second kappa shape index (κ2) is 9.87. The molecule has 8 heteroatoms. The summed E-state index contributed by atoms with van der Waals surface area (Å²) in [7, 11) is 0. The zero-order valence-corrected chi connectivity index (χ0v) is 19.4. The van der Waals surface area contributed by atoms with Crippen molar-refractivity contribution in [2.75, 3.05) is 6.61 Å². The number of hydrogen-bond acceptors (Lipinski definition) is 6. The molecule has 1 aromatic heterocycles. The molecule has 0 bridgehead atoms. The lowest BCUT2D eigenvalue weighted by Crippen LogP contribution is -2.26. The maximum atomic E-state index is 13.1. The van der Waals surface area contributed by atoms with Gasteiger partial charge in [-0.25, -0.2) is 9.78 Å². The Hall–Kier alpha value is -3.00. The predicted molar refractivity (Wildman–Crippen MR) is 124 cm³/mol. The lowest BCUT2D eigenvalue weighted by Gasteiger charge is -2.15. The van der Waals surface area contributed by atoms with E-state index in [9.17, 15) is 9.59 Å². The van der Waals surface area contributed by atoms with Crippen molar-refractivity contribution in [3.63, 3.8) is 0 Å². The van der Waals surface area contributed by atoms with E-state index in [0.717, 1.165) is 4.47 Å². The first-order valence-corrected chi connectivity index (χ1v) is 10.8. The fraction of sp³-hybridized carbons (Fsp3) is 0.304. The van der Waals surface area contributed by atoms with Crippen molar-refractivity contribution in [2.24, 2.45) is 5.10 Å². The second-order valence-corrected chi connectivity index (χ2v) is 8.11. The van der Waals surface area contributed by atoms with E-state index >= 15 is 0 Å². The first-order valence-electron chi connectivity index (χ1n) is 10.0. The highest BCUT2D eigenvalue weighted by molar-refractivity contribution is 9.10. The van der Waals surface area contributed by atoms with Gasteiger partial charge in [0.15, 0.2) is 6.10 Å². The topological polar surface area (TPSA) is 82.8 Å². The van der Waals surface area contributed by atoms with Gasteiger partial charge in [-0.15, -0.1) is 0 Å². The SMILES string of the molecule is CCOC(=O)[C@@H](C)Oc1ccccc1C=Nn1c(C(C)C)nc2ccc(Br)cc2c1=O. The van der Waals surface area contributed by atoms with Gasteiger partial charge in [0.05, 0.1) is 23.7 Å². The molecule has 7 nitrogen and oxygen atoms in total. The number of para-hydroxylation sites is 1. The van der Waals surface area contributed by atoms with Crippen molar-refractivity contribution >= 4 is 39.0 Å². The molecule has 1 atom stereocenters. The summed E-state index contributed by atoms with van der Waals surface area (Å²) >= 11 is 3.40. The van der Waals surface area contributed by atoms with Gasteiger partial charge in [-0.3, -0.25) is 4.79 Å². The number of halogens is 1. The Kier molecular flexibility index (Phi) is 7.22. The highest BCUT2D eigenvalue weighted by Gasteiger charge is 2.17. The van der Waals surface area contributed by atoms with Crippen molar-refractivity contribution < 1.29 is 14.3 Å². The standard InChI is InChI=1S/C23H24BrN3O4/c1-5-30-23(29)15(4)31-20-9-7-6-8-16(20)13-25-27-21(14(2)3)26-19-11-10-17(24)12-18(19)22(27)28/h6-15H,5H2,1-4H3/t15-/m1/s1. The van der Waals surface area contributed by atoms with E-state index in [1.54, 1.807) is 44.2 Å². The van der Waals surface area contributed by atoms with Crippen LogP contribution in [0.1, 0.15) is 45.0 Å². The molecule has 0 radical (unpaired) electrons. The summed E-state index contributed by atoms with van der Waals surface area (Å²) in [6.07, 6.45) is 0.759. The van der Waals surface area contributed by atoms with Crippen LogP contribution in [0.3, 0.4) is 0 Å². The first-order chi connectivity index (χ1) is 14.8. The van der Waals surface area contributed by atoms with Gasteiger partial charge < -0.3 is 9.47 Å². The van der Waals surface area contributed by atoms with Gasteiger partial charge in [-0.05, 0) is 44.2 Å². The summed E-state index contributed by atoms with van der Waals surface area (Å²) in [4.78, 5) is 29.7. The number of aromatic nitrogens is 2. The molecule has 0 N–H and O–H groups in total. The molecule has 0 aliphatic carbocycles. The van der Waals surface area contributed by atoms with E-state index in [0.29, 0.717) is 28.0 Å². The van der Waals surface area contributed by atoms with Crippen LogP contribution in [0.15, 0.2) is 56.8 Å². The monoisotopic (exact) mass is 485 g/mol. The third kappa shape index (κ3) is 5.19. The lowest BCUT2D eigenvalue weighted by atomic mass is 10.2. The molecule has 2 aromatic carbocycles. The third-order valence-electron chi connectivity index (χ3n) is 4.50. The summed E-state index contributed by atoms with van der Waals surface area (Å²) in [5.41, 5.74) is 0.981. The van der Waals surface area contributed by atoms with Gasteiger partial charge in [0.25, 0.3) is 5.56 Å². The number of hydrogen-bond donors (Lipinski definition) is 0. The van der Waals surface area contributed by atoms with E-state index in [4.69, 9.17) is 9.47 Å². The molecule has 162 valence electrons. The number of nitrogens with zero attached hydrogens (tertiary/aromatic N) is 3. The molecule has 0 spiro atoms. The Morgan fingerprint density at radius 1 is 1.23 bits per heavy atom. The summed E-state index contributed by atoms with van der Waals surface area (Å²) in [5.74, 6) is 0.543. The molecule has 3 rings (SSSR count). The molecule has 0 aliphatic heterocycles. The van der Waals surface area contributed by atoms with Gasteiger partial charge in [0.1, 0.15) is 11.6 Å². The Morgan fingerprint density at radius 2 is 1.97 bits per heavy atom. The van der Waals surface area contributed by atoms with Crippen LogP contribution in [-0.2, 0) is 9.53 Å². The fourth-order valence-electron chi connectivity index (χ4n) is 2.96. The van der Waals surface area contributed by atoms with Gasteiger partial charge in [0.2, 0.25) is 0 Å². The molecule has 1 heterocycles. The molecule has 0 amide bonds. The maximum absolute atomic E-state index is 13.1. The average Bonchev–Trinajstić information content (AvgIpc) is 2.74. The maximum Gasteiger partial charge on any atom is 0.347 e. The van der Waals surface area contributed by atoms with Crippen LogP contribution in [0.2, 0.25) is 0 Å².